The van der Waals surface area contributed by atoms with Gasteiger partial charge in [0.1, 0.15) is 12.2 Å². The molecule has 308 valence electrons. The smallest absolute Gasteiger partial charge is 0.417 e. The normalized spacial score (nSPS) is 14.5. The van der Waals surface area contributed by atoms with Gasteiger partial charge in [-0.15, -0.1) is 0 Å². The highest BCUT2D eigenvalue weighted by atomic mass is 16.7. The van der Waals surface area contributed by atoms with Crippen molar-refractivity contribution in [1.82, 2.24) is 0 Å². The van der Waals surface area contributed by atoms with Gasteiger partial charge >= 0.3 is 11.8 Å². The van der Waals surface area contributed by atoms with E-state index >= 15 is 0 Å². The summed E-state index contributed by atoms with van der Waals surface area (Å²) in [6.07, 6.45) is 18.4. The lowest BCUT2D eigenvalue weighted by Gasteiger charge is -2.37. The second-order valence-electron chi connectivity index (χ2n) is 14.6. The van der Waals surface area contributed by atoms with Gasteiger partial charge in [-0.3, -0.25) is 9.68 Å². The highest BCUT2D eigenvalue weighted by Crippen LogP contribution is 2.43. The van der Waals surface area contributed by atoms with Gasteiger partial charge in [0.15, 0.2) is 13.2 Å². The molecule has 2 heterocycles. The van der Waals surface area contributed by atoms with Crippen LogP contribution in [-0.2, 0) is 10.1 Å². The summed E-state index contributed by atoms with van der Waals surface area (Å²) >= 11 is 0. The van der Waals surface area contributed by atoms with E-state index in [-0.39, 0.29) is 12.0 Å². The van der Waals surface area contributed by atoms with Crippen LogP contribution >= 0.6 is 0 Å². The molecular formula is C48H61BN2O7. The van der Waals surface area contributed by atoms with E-state index in [0.29, 0.717) is 31.8 Å². The van der Waals surface area contributed by atoms with E-state index in [2.05, 4.69) is 36.4 Å². The van der Waals surface area contributed by atoms with Crippen LogP contribution < -0.4 is 38.7 Å². The summed E-state index contributed by atoms with van der Waals surface area (Å²) in [6, 6.07) is 42.8. The van der Waals surface area contributed by atoms with Crippen LogP contribution in [0.15, 0.2) is 140 Å². The Bertz CT molecular complexity index is 1660. The van der Waals surface area contributed by atoms with Gasteiger partial charge in [-0.2, -0.15) is 0 Å². The molecule has 2 aliphatic carbocycles. The lowest BCUT2D eigenvalue weighted by Crippen LogP contribution is -2.48. The zero-order valence-corrected chi connectivity index (χ0v) is 34.4. The molecule has 5 aromatic rings. The molecule has 0 aliphatic heterocycles. The average Bonchev–Trinajstić information content (AvgIpc) is 3.27. The first-order chi connectivity index (χ1) is 28.5. The van der Waals surface area contributed by atoms with Crippen molar-refractivity contribution < 1.29 is 43.3 Å². The van der Waals surface area contributed by atoms with E-state index < -0.39 is 7.32 Å². The quantitative estimate of drug-likeness (QED) is 0.0470. The predicted octanol–water partition coefficient (Wildman–Crippen LogP) is 6.79. The van der Waals surface area contributed by atoms with Crippen molar-refractivity contribution in [2.24, 2.45) is 0 Å². The van der Waals surface area contributed by atoms with E-state index in [1.165, 1.54) is 80.9 Å². The lowest BCUT2D eigenvalue weighted by atomic mass is 9.67. The Kier molecular flexibility index (Phi) is 18.9. The summed E-state index contributed by atoms with van der Waals surface area (Å²) in [5.41, 5.74) is 3.17. The van der Waals surface area contributed by atoms with Gasteiger partial charge in [0.2, 0.25) is 12.4 Å². The molecule has 7 rings (SSSR count). The maximum absolute atomic E-state index is 10.7. The number of hydrogen-bond acceptors (Lipinski definition) is 7. The Hall–Kier alpha value is -4.90. The molecule has 0 N–H and O–H groups in total. The first kappa shape index (κ1) is 44.2. The van der Waals surface area contributed by atoms with Gasteiger partial charge in [-0.05, 0) is 107 Å². The number of nitrogens with zero attached hydrogens (tertiary/aromatic N) is 2. The molecule has 2 aromatic heterocycles. The van der Waals surface area contributed by atoms with Crippen molar-refractivity contribution in [3.05, 3.63) is 156 Å². The fraction of sp³-hybridized carbons (Fsp3) is 0.417. The molecule has 2 saturated carbocycles. The Balaban J connectivity index is 0.000000174. The van der Waals surface area contributed by atoms with Gasteiger partial charge < -0.3 is 24.2 Å². The maximum atomic E-state index is 10.7. The van der Waals surface area contributed by atoms with Crippen LogP contribution in [0.25, 0.3) is 0 Å². The van der Waals surface area contributed by atoms with Crippen molar-refractivity contribution in [2.45, 2.75) is 109 Å². The summed E-state index contributed by atoms with van der Waals surface area (Å²) in [6.45, 7) is 5.41. The highest BCUT2D eigenvalue weighted by Gasteiger charge is 2.35. The minimum Gasteiger partial charge on any atom is -0.871 e. The number of hydrogen-bond donors (Lipinski definition) is 0. The SMILES string of the molecule is CCO[n+]1ccccc1OC1CCCCC1.CCO[n+]1ccccc1OC1CCCCC1.[O-]B([O-])OCCCC(c1ccccc1)(c1ccccc1)c1ccccc1. The Morgan fingerprint density at radius 2 is 0.914 bits per heavy atom. The van der Waals surface area contributed by atoms with Crippen molar-refractivity contribution in [3.8, 4) is 11.8 Å². The fourth-order valence-corrected chi connectivity index (χ4v) is 7.82. The lowest BCUT2D eigenvalue weighted by molar-refractivity contribution is -0.893. The zero-order valence-electron chi connectivity index (χ0n) is 34.4. The molecule has 0 bridgehead atoms. The Morgan fingerprint density at radius 1 is 0.534 bits per heavy atom. The first-order valence-corrected chi connectivity index (χ1v) is 21.2. The molecule has 2 fully saturated rings. The maximum Gasteiger partial charge on any atom is 0.417 e. The summed E-state index contributed by atoms with van der Waals surface area (Å²) in [4.78, 5) is 10.9. The zero-order chi connectivity index (χ0) is 40.7. The fourth-order valence-electron chi connectivity index (χ4n) is 7.82. The van der Waals surface area contributed by atoms with E-state index in [9.17, 15) is 10.0 Å². The number of ether oxygens (including phenoxy) is 2. The monoisotopic (exact) mass is 788 g/mol. The van der Waals surface area contributed by atoms with Crippen molar-refractivity contribution in [3.63, 3.8) is 0 Å². The minimum absolute atomic E-state index is 0.159. The van der Waals surface area contributed by atoms with E-state index in [0.717, 1.165) is 18.2 Å². The second-order valence-corrected chi connectivity index (χ2v) is 14.6. The van der Waals surface area contributed by atoms with Gasteiger partial charge in [-0.1, -0.05) is 104 Å². The molecule has 0 saturated heterocycles. The molecule has 10 heteroatoms. The van der Waals surface area contributed by atoms with Crippen molar-refractivity contribution in [1.29, 1.82) is 0 Å². The molecule has 3 aromatic carbocycles. The van der Waals surface area contributed by atoms with Gasteiger partial charge in [0.25, 0.3) is 0 Å². The number of pyridine rings is 2. The summed E-state index contributed by atoms with van der Waals surface area (Å²) in [7, 11) is -2.23. The number of aromatic nitrogens is 2. The molecular weight excluding hydrogens is 727 g/mol. The van der Waals surface area contributed by atoms with E-state index in [1.807, 2.05) is 117 Å². The average molecular weight is 789 g/mol. The van der Waals surface area contributed by atoms with Gasteiger partial charge in [-0.25, -0.2) is 0 Å². The molecule has 0 unspecified atom stereocenters. The molecule has 0 radical (unpaired) electrons. The van der Waals surface area contributed by atoms with E-state index in [4.69, 9.17) is 23.8 Å². The molecule has 58 heavy (non-hydrogen) atoms. The van der Waals surface area contributed by atoms with Crippen molar-refractivity contribution >= 4 is 7.32 Å². The van der Waals surface area contributed by atoms with Crippen LogP contribution in [0, 0.1) is 0 Å². The van der Waals surface area contributed by atoms with Crippen LogP contribution in [0.2, 0.25) is 0 Å². The van der Waals surface area contributed by atoms with Crippen LogP contribution in [0.3, 0.4) is 0 Å². The van der Waals surface area contributed by atoms with Crippen LogP contribution in [0.5, 0.6) is 11.8 Å². The predicted molar refractivity (Wildman–Crippen MR) is 223 cm³/mol. The van der Waals surface area contributed by atoms with Crippen LogP contribution in [0.1, 0.15) is 108 Å². The topological polar surface area (TPSA) is 100 Å². The van der Waals surface area contributed by atoms with Crippen molar-refractivity contribution in [2.75, 3.05) is 19.8 Å². The Morgan fingerprint density at radius 3 is 1.28 bits per heavy atom. The first-order valence-electron chi connectivity index (χ1n) is 21.2. The highest BCUT2D eigenvalue weighted by molar-refractivity contribution is 6.28. The third-order valence-electron chi connectivity index (χ3n) is 10.5. The largest absolute Gasteiger partial charge is 0.871 e. The third kappa shape index (κ3) is 13.6. The third-order valence-corrected chi connectivity index (χ3v) is 10.5. The standard InChI is InChI=1S/C22H21BO3.2C13H20NO2/c24-23(25)26-18-10-17-22(19-11-4-1-5-12-19,20-13-6-2-7-14-20)21-15-8-3-9-16-21;2*1-2-15-14-11-7-6-10-13(14)16-12-8-4-3-5-9-12/h1-9,11-16H,10,17-18H2;2*6-7,10-12H,2-5,8-9H2,1H3/q-2;2*+1. The molecule has 0 atom stereocenters. The van der Waals surface area contributed by atoms with E-state index in [1.54, 1.807) is 9.46 Å². The summed E-state index contributed by atoms with van der Waals surface area (Å²) in [5, 5.41) is 21.4. The summed E-state index contributed by atoms with van der Waals surface area (Å²) in [5.74, 6) is 1.63. The molecule has 2 aliphatic rings. The number of benzene rings is 3. The second kappa shape index (κ2) is 24.8. The molecule has 0 amide bonds. The molecule has 0 spiro atoms. The Labute approximate surface area is 346 Å². The minimum atomic E-state index is -2.23. The molecule has 9 nitrogen and oxygen atoms in total. The van der Waals surface area contributed by atoms with Gasteiger partial charge in [0, 0.05) is 33.6 Å². The van der Waals surface area contributed by atoms with Crippen LogP contribution in [0.4, 0.5) is 0 Å². The van der Waals surface area contributed by atoms with Crippen LogP contribution in [-0.4, -0.2) is 39.3 Å². The van der Waals surface area contributed by atoms with Gasteiger partial charge in [0.05, 0.1) is 19.5 Å². The summed E-state index contributed by atoms with van der Waals surface area (Å²) < 4.78 is 20.1. The number of rotatable bonds is 16.